The summed E-state index contributed by atoms with van der Waals surface area (Å²) in [6.45, 7) is 6.12. The molecule has 4 heteroatoms. The Kier molecular flexibility index (Phi) is 6.92. The average molecular weight is 328 g/mol. The lowest BCUT2D eigenvalue weighted by molar-refractivity contribution is 0.0697. The molecule has 0 saturated carbocycles. The number of aromatic carboxylic acids is 1. The van der Waals surface area contributed by atoms with E-state index in [2.05, 4.69) is 34.7 Å². The van der Waals surface area contributed by atoms with Crippen molar-refractivity contribution in [2.24, 2.45) is 0 Å². The fourth-order valence-corrected chi connectivity index (χ4v) is 2.35. The lowest BCUT2D eigenvalue weighted by atomic mass is 10.1. The number of halogens is 1. The number of unbranched alkanes of at least 4 members (excludes halogenated alkanes) is 2. The minimum absolute atomic E-state index is 0.385. The van der Waals surface area contributed by atoms with Gasteiger partial charge in [-0.1, -0.05) is 42.6 Å². The van der Waals surface area contributed by atoms with Gasteiger partial charge in [0.15, 0.2) is 0 Å². The lowest BCUT2D eigenvalue weighted by Crippen LogP contribution is -2.27. The molecule has 0 fully saturated rings. The van der Waals surface area contributed by atoms with Crippen LogP contribution >= 0.6 is 15.9 Å². The highest BCUT2D eigenvalue weighted by Gasteiger charge is 2.15. The predicted octanol–water partition coefficient (Wildman–Crippen LogP) is 4.55. The first-order valence-electron chi connectivity index (χ1n) is 6.88. The van der Waals surface area contributed by atoms with Crippen molar-refractivity contribution >= 4 is 27.6 Å². The molecule has 0 aromatic heterocycles. The van der Waals surface area contributed by atoms with Crippen LogP contribution in [0.5, 0.6) is 0 Å². The second-order valence-corrected chi connectivity index (χ2v) is 5.58. The molecule has 0 aliphatic heterocycles. The van der Waals surface area contributed by atoms with Gasteiger partial charge in [0.25, 0.3) is 0 Å². The van der Waals surface area contributed by atoms with Gasteiger partial charge in [0.1, 0.15) is 0 Å². The van der Waals surface area contributed by atoms with Crippen molar-refractivity contribution in [2.75, 3.05) is 18.0 Å². The number of carboxylic acids is 1. The van der Waals surface area contributed by atoms with Crippen LogP contribution in [0.15, 0.2) is 22.7 Å². The van der Waals surface area contributed by atoms with Crippen molar-refractivity contribution in [3.8, 4) is 0 Å². The molecule has 0 unspecified atom stereocenters. The predicted molar refractivity (Wildman–Crippen MR) is 83.1 cm³/mol. The summed E-state index contributed by atoms with van der Waals surface area (Å²) in [5, 5.41) is 9.31. The van der Waals surface area contributed by atoms with Crippen molar-refractivity contribution in [1.29, 1.82) is 0 Å². The molecule has 0 saturated heterocycles. The second kappa shape index (κ2) is 8.20. The van der Waals surface area contributed by atoms with Gasteiger partial charge in [-0.15, -0.1) is 0 Å². The summed E-state index contributed by atoms with van der Waals surface area (Å²) in [6.07, 6.45) is 4.38. The van der Waals surface area contributed by atoms with E-state index in [9.17, 15) is 9.90 Å². The molecule has 0 amide bonds. The van der Waals surface area contributed by atoms with Crippen molar-refractivity contribution in [3.05, 3.63) is 28.2 Å². The highest BCUT2D eigenvalue weighted by Crippen LogP contribution is 2.26. The van der Waals surface area contributed by atoms with Crippen LogP contribution in [-0.4, -0.2) is 24.2 Å². The number of hydrogen-bond acceptors (Lipinski definition) is 2. The third kappa shape index (κ3) is 4.86. The zero-order valence-corrected chi connectivity index (χ0v) is 13.2. The molecule has 106 valence electrons. The van der Waals surface area contributed by atoms with Crippen LogP contribution in [0.3, 0.4) is 0 Å². The molecule has 1 rings (SSSR count). The number of carbonyl (C=O) groups is 1. The van der Waals surface area contributed by atoms with E-state index in [0.717, 1.165) is 48.9 Å². The summed E-state index contributed by atoms with van der Waals surface area (Å²) in [4.78, 5) is 13.5. The van der Waals surface area contributed by atoms with E-state index in [4.69, 9.17) is 0 Å². The summed E-state index contributed by atoms with van der Waals surface area (Å²) < 4.78 is 0.922. The lowest BCUT2D eigenvalue weighted by Gasteiger charge is -2.26. The van der Waals surface area contributed by atoms with E-state index in [1.54, 1.807) is 12.1 Å². The Labute approximate surface area is 123 Å². The maximum Gasteiger partial charge on any atom is 0.337 e. The van der Waals surface area contributed by atoms with E-state index < -0.39 is 5.97 Å². The number of nitrogens with zero attached hydrogens (tertiary/aromatic N) is 1. The van der Waals surface area contributed by atoms with Gasteiger partial charge in [-0.2, -0.15) is 0 Å². The van der Waals surface area contributed by atoms with Gasteiger partial charge in [-0.25, -0.2) is 4.79 Å². The summed E-state index contributed by atoms with van der Waals surface area (Å²) in [5.41, 5.74) is 1.21. The van der Waals surface area contributed by atoms with E-state index in [0.29, 0.717) is 5.56 Å². The Morgan fingerprint density at radius 1 is 1.21 bits per heavy atom. The number of benzene rings is 1. The van der Waals surface area contributed by atoms with Crippen molar-refractivity contribution in [3.63, 3.8) is 0 Å². The third-order valence-corrected chi connectivity index (χ3v) is 3.59. The normalized spacial score (nSPS) is 10.5. The molecule has 0 atom stereocenters. The fourth-order valence-electron chi connectivity index (χ4n) is 2.00. The van der Waals surface area contributed by atoms with Gasteiger partial charge in [-0.05, 0) is 31.0 Å². The largest absolute Gasteiger partial charge is 0.478 e. The average Bonchev–Trinajstić information content (AvgIpc) is 2.38. The van der Waals surface area contributed by atoms with Crippen molar-refractivity contribution in [2.45, 2.75) is 39.5 Å². The Bertz CT molecular complexity index is 413. The molecular formula is C15H22BrNO2. The van der Waals surface area contributed by atoms with Gasteiger partial charge in [0.05, 0.1) is 11.3 Å². The standard InChI is InChI=1S/C15H22BrNO2/c1-3-5-9-17(10-6-4-2)14-11-12(16)7-8-13(14)15(18)19/h7-8,11H,3-6,9-10H2,1-2H3,(H,18,19). The Hall–Kier alpha value is -1.03. The molecule has 0 radical (unpaired) electrons. The molecule has 3 nitrogen and oxygen atoms in total. The van der Waals surface area contributed by atoms with Crippen LogP contribution in [0.4, 0.5) is 5.69 Å². The summed E-state index contributed by atoms with van der Waals surface area (Å²) in [6, 6.07) is 5.37. The zero-order valence-electron chi connectivity index (χ0n) is 11.7. The summed E-state index contributed by atoms with van der Waals surface area (Å²) in [5.74, 6) is -0.861. The van der Waals surface area contributed by atoms with E-state index in [1.165, 1.54) is 0 Å². The SMILES string of the molecule is CCCCN(CCCC)c1cc(Br)ccc1C(=O)O. The van der Waals surface area contributed by atoms with Crippen LogP contribution in [-0.2, 0) is 0 Å². The number of carboxylic acid groups (broad SMARTS) is 1. The number of anilines is 1. The first-order chi connectivity index (χ1) is 9.10. The van der Waals surface area contributed by atoms with E-state index in [-0.39, 0.29) is 0 Å². The maximum atomic E-state index is 11.3. The smallest absolute Gasteiger partial charge is 0.337 e. The molecule has 1 aromatic carbocycles. The van der Waals surface area contributed by atoms with Gasteiger partial charge in [0.2, 0.25) is 0 Å². The Morgan fingerprint density at radius 3 is 2.26 bits per heavy atom. The monoisotopic (exact) mass is 327 g/mol. The summed E-state index contributed by atoms with van der Waals surface area (Å²) in [7, 11) is 0. The molecule has 1 aromatic rings. The van der Waals surface area contributed by atoms with Crippen LogP contribution in [0, 0.1) is 0 Å². The highest BCUT2D eigenvalue weighted by atomic mass is 79.9. The van der Waals surface area contributed by atoms with Crippen molar-refractivity contribution in [1.82, 2.24) is 0 Å². The molecule has 19 heavy (non-hydrogen) atoms. The van der Waals surface area contributed by atoms with Crippen LogP contribution in [0.25, 0.3) is 0 Å². The maximum absolute atomic E-state index is 11.3. The summed E-state index contributed by atoms with van der Waals surface area (Å²) >= 11 is 3.43. The molecule has 0 aliphatic rings. The molecule has 0 bridgehead atoms. The van der Waals surface area contributed by atoms with Crippen LogP contribution in [0.2, 0.25) is 0 Å². The Morgan fingerprint density at radius 2 is 1.79 bits per heavy atom. The third-order valence-electron chi connectivity index (χ3n) is 3.09. The highest BCUT2D eigenvalue weighted by molar-refractivity contribution is 9.10. The quantitative estimate of drug-likeness (QED) is 0.761. The number of rotatable bonds is 8. The minimum atomic E-state index is -0.861. The van der Waals surface area contributed by atoms with Crippen molar-refractivity contribution < 1.29 is 9.90 Å². The molecule has 0 heterocycles. The van der Waals surface area contributed by atoms with Gasteiger partial charge in [0, 0.05) is 17.6 Å². The topological polar surface area (TPSA) is 40.5 Å². The molecular weight excluding hydrogens is 306 g/mol. The number of hydrogen-bond donors (Lipinski definition) is 1. The van der Waals surface area contributed by atoms with Crippen LogP contribution in [0.1, 0.15) is 49.9 Å². The van der Waals surface area contributed by atoms with Crippen LogP contribution < -0.4 is 4.90 Å². The Balaban J connectivity index is 3.03. The molecule has 1 N–H and O–H groups in total. The second-order valence-electron chi connectivity index (χ2n) is 4.66. The first-order valence-corrected chi connectivity index (χ1v) is 7.67. The van der Waals surface area contributed by atoms with Gasteiger partial charge < -0.3 is 10.0 Å². The zero-order chi connectivity index (χ0) is 14.3. The fraction of sp³-hybridized carbons (Fsp3) is 0.533. The van der Waals surface area contributed by atoms with Gasteiger partial charge in [-0.3, -0.25) is 0 Å². The first kappa shape index (κ1) is 16.0. The minimum Gasteiger partial charge on any atom is -0.478 e. The molecule has 0 spiro atoms. The van der Waals surface area contributed by atoms with E-state index >= 15 is 0 Å². The molecule has 0 aliphatic carbocycles. The van der Waals surface area contributed by atoms with Gasteiger partial charge >= 0.3 is 5.97 Å². The van der Waals surface area contributed by atoms with E-state index in [1.807, 2.05) is 6.07 Å².